The van der Waals surface area contributed by atoms with Gasteiger partial charge in [-0.25, -0.2) is 0 Å². The molecule has 0 rings (SSSR count). The quantitative estimate of drug-likeness (QED) is 0.0117. The van der Waals surface area contributed by atoms with Crippen LogP contribution in [-0.2, 0) is 52.7 Å². The van der Waals surface area contributed by atoms with E-state index < -0.39 is 165 Å². The second-order valence-corrected chi connectivity index (χ2v) is 15.6. The molecule has 0 amide bonds. The summed E-state index contributed by atoms with van der Waals surface area (Å²) >= 11 is 0. The van der Waals surface area contributed by atoms with E-state index in [1.54, 1.807) is 6.92 Å². The number of carbonyl (C=O) groups excluding carboxylic acids is 11. The van der Waals surface area contributed by atoms with E-state index in [1.165, 1.54) is 41.9 Å². The minimum absolute atomic E-state index is 0.180. The van der Waals surface area contributed by atoms with Crippen molar-refractivity contribution in [1.29, 1.82) is 0 Å². The van der Waals surface area contributed by atoms with Crippen molar-refractivity contribution in [2.24, 2.45) is 0 Å². The molecule has 379 valence electrons. The van der Waals surface area contributed by atoms with E-state index >= 15 is 0 Å². The molecule has 0 heterocycles. The molecule has 0 aromatic rings. The lowest BCUT2D eigenvalue weighted by atomic mass is 9.86. The number of ketones is 9. The van der Waals surface area contributed by atoms with Crippen molar-refractivity contribution in [3.8, 4) is 0 Å². The van der Waals surface area contributed by atoms with Crippen LogP contribution >= 0.6 is 0 Å². The van der Waals surface area contributed by atoms with Crippen LogP contribution in [0.5, 0.6) is 0 Å². The van der Waals surface area contributed by atoms with Gasteiger partial charge < -0.3 is 67.1 Å². The number of Topliss-reactive ketones (excluding diaryl/α,β-unsaturated/α-hetero) is 9. The SMILES string of the molecule is CN[C@@H](CO)C(=O)C(NCC(=O)C(NCC(=O)C(NCC(=O)C(C)NCC(=O)C(C)NCC(=O)C(C)NCC(=O)[B]N[C@@H](C)C=O)C(=O)[C@H](CO)NC)C(=O)[C@H](CO)NC)N[C@@H](CO)C(C)=O. The van der Waals surface area contributed by atoms with Gasteiger partial charge >= 0.3 is 0 Å². The molecule has 1 radical (unpaired) electrons. The summed E-state index contributed by atoms with van der Waals surface area (Å²) in [6.07, 6.45) is -0.915. The van der Waals surface area contributed by atoms with E-state index in [2.05, 4.69) is 58.4 Å². The molecule has 0 aromatic carbocycles. The zero-order chi connectivity index (χ0) is 51.4. The highest BCUT2D eigenvalue weighted by atomic mass is 16.3. The first-order valence-electron chi connectivity index (χ1n) is 21.6. The zero-order valence-electron chi connectivity index (χ0n) is 39.4. The van der Waals surface area contributed by atoms with Crippen LogP contribution in [0.25, 0.3) is 0 Å². The summed E-state index contributed by atoms with van der Waals surface area (Å²) in [6.45, 7) is 1.15. The van der Waals surface area contributed by atoms with E-state index in [1.807, 2.05) is 0 Å². The topological polar surface area (TPSA) is 401 Å². The van der Waals surface area contributed by atoms with Gasteiger partial charge in [0.15, 0.2) is 46.3 Å². The second kappa shape index (κ2) is 34.2. The highest BCUT2D eigenvalue weighted by Gasteiger charge is 2.37. The Kier molecular flexibility index (Phi) is 32.0. The van der Waals surface area contributed by atoms with Crippen LogP contribution < -0.4 is 58.4 Å². The molecule has 0 aliphatic rings. The number of hydrogen-bond donors (Lipinski definition) is 15. The number of nitrogens with one attached hydrogen (secondary N) is 11. The van der Waals surface area contributed by atoms with Gasteiger partial charge in [-0.2, -0.15) is 0 Å². The van der Waals surface area contributed by atoms with Crippen molar-refractivity contribution in [2.75, 3.05) is 86.8 Å². The average molecular weight is 957 g/mol. The highest BCUT2D eigenvalue weighted by Crippen LogP contribution is 2.02. The van der Waals surface area contributed by atoms with Crippen molar-refractivity contribution in [3.05, 3.63) is 0 Å². The number of hydrogen-bond acceptors (Lipinski definition) is 26. The lowest BCUT2D eigenvalue weighted by Crippen LogP contribution is -2.62. The van der Waals surface area contributed by atoms with E-state index in [9.17, 15) is 73.2 Å². The molecule has 0 aromatic heterocycles. The fraction of sp³-hybridized carbons (Fsp3) is 0.725. The standard InChI is InChI=1S/C40H71BN11O15/c1-20(15-53)52-41-34(64)14-47-23(4)30(60)10-45-21(2)29(59)9-46-22(3)31(61)11-48-35(37(65)26(17-55)42-6)32(62)12-49-36(38(66)27(18-56)43-7)33(63)13-50-40(39(67)28(19-57)44-8)51-25(16-54)24(5)58/h15,20-23,25-28,35-36,40,42-52,54-57H,9-14,16-19H2,1-8H3/t20-,21?,22?,23?,25-,26-,27-,28-,35?,36?,40?/m0/s1. The van der Waals surface area contributed by atoms with Crippen LogP contribution in [0.2, 0.25) is 0 Å². The van der Waals surface area contributed by atoms with Crippen LogP contribution in [0, 0.1) is 0 Å². The maximum Gasteiger partial charge on any atom is 0.297 e. The van der Waals surface area contributed by atoms with E-state index in [0.29, 0.717) is 6.29 Å². The predicted molar refractivity (Wildman–Crippen MR) is 242 cm³/mol. The minimum Gasteiger partial charge on any atom is -0.394 e. The Morgan fingerprint density at radius 1 is 0.478 bits per heavy atom. The third-order valence-corrected chi connectivity index (χ3v) is 10.5. The monoisotopic (exact) mass is 957 g/mol. The summed E-state index contributed by atoms with van der Waals surface area (Å²) in [6, 6.07) is -12.0. The number of aliphatic hydroxyl groups is 4. The maximum absolute atomic E-state index is 13.7. The molecule has 15 N–H and O–H groups in total. The Hall–Kier alpha value is -4.17. The van der Waals surface area contributed by atoms with Crippen LogP contribution in [-0.4, -0.2) is 245 Å². The third-order valence-electron chi connectivity index (χ3n) is 10.5. The third kappa shape index (κ3) is 22.7. The first-order valence-corrected chi connectivity index (χ1v) is 21.6. The van der Waals surface area contributed by atoms with Gasteiger partial charge in [-0.05, 0) is 55.8 Å². The summed E-state index contributed by atoms with van der Waals surface area (Å²) < 4.78 is 0. The molecule has 0 fully saturated rings. The van der Waals surface area contributed by atoms with Crippen molar-refractivity contribution in [2.45, 2.75) is 101 Å². The summed E-state index contributed by atoms with van der Waals surface area (Å²) in [5, 5.41) is 67.7. The van der Waals surface area contributed by atoms with E-state index in [0.717, 1.165) is 14.3 Å². The number of carbonyl (C=O) groups is 11. The lowest BCUT2D eigenvalue weighted by Gasteiger charge is -2.27. The van der Waals surface area contributed by atoms with Gasteiger partial charge in [0.2, 0.25) is 0 Å². The summed E-state index contributed by atoms with van der Waals surface area (Å²) in [4.78, 5) is 141. The van der Waals surface area contributed by atoms with Gasteiger partial charge in [-0.15, -0.1) is 0 Å². The average Bonchev–Trinajstić information content (AvgIpc) is 3.31. The fourth-order valence-corrected chi connectivity index (χ4v) is 5.75. The molecule has 6 unspecified atom stereocenters. The van der Waals surface area contributed by atoms with Gasteiger partial charge in [-0.1, -0.05) is 0 Å². The van der Waals surface area contributed by atoms with Crippen LogP contribution in [0.1, 0.15) is 34.6 Å². The Balaban J connectivity index is 5.87. The Morgan fingerprint density at radius 3 is 1.18 bits per heavy atom. The minimum atomic E-state index is -1.87. The highest BCUT2D eigenvalue weighted by molar-refractivity contribution is 6.72. The molecule has 26 nitrogen and oxygen atoms in total. The Bertz CT molecular complexity index is 1670. The zero-order valence-corrected chi connectivity index (χ0v) is 39.4. The van der Waals surface area contributed by atoms with Gasteiger partial charge in [0.05, 0.1) is 107 Å². The second-order valence-electron chi connectivity index (χ2n) is 15.6. The van der Waals surface area contributed by atoms with Gasteiger partial charge in [0.25, 0.3) is 7.41 Å². The van der Waals surface area contributed by atoms with Crippen molar-refractivity contribution >= 4 is 71.4 Å². The Morgan fingerprint density at radius 2 is 0.821 bits per heavy atom. The molecule has 0 bridgehead atoms. The molecule has 27 heteroatoms. The molecule has 0 aliphatic carbocycles. The maximum atomic E-state index is 13.7. The molecule has 0 spiro atoms. The first-order chi connectivity index (χ1) is 31.6. The van der Waals surface area contributed by atoms with Crippen molar-refractivity contribution in [3.63, 3.8) is 0 Å². The largest absolute Gasteiger partial charge is 0.394 e. The van der Waals surface area contributed by atoms with Crippen molar-refractivity contribution in [1.82, 2.24) is 58.4 Å². The van der Waals surface area contributed by atoms with E-state index in [-0.39, 0.29) is 25.4 Å². The normalized spacial score (nSPS) is 16.4. The van der Waals surface area contributed by atoms with E-state index in [4.69, 9.17) is 0 Å². The summed E-state index contributed by atoms with van der Waals surface area (Å²) in [5.74, 6) is -6.57. The number of likely N-dealkylation sites (N-methyl/N-ethyl adjacent to an activating group) is 3. The first kappa shape index (κ1) is 62.8. The molecule has 67 heavy (non-hydrogen) atoms. The van der Waals surface area contributed by atoms with Gasteiger partial charge in [0, 0.05) is 6.54 Å². The fourth-order valence-electron chi connectivity index (χ4n) is 5.75. The van der Waals surface area contributed by atoms with Gasteiger partial charge in [0.1, 0.15) is 36.0 Å². The van der Waals surface area contributed by atoms with Gasteiger partial charge in [-0.3, -0.25) is 64.4 Å². The number of rotatable bonds is 43. The van der Waals surface area contributed by atoms with Crippen LogP contribution in [0.4, 0.5) is 0 Å². The molecule has 0 saturated heterocycles. The predicted octanol–water partition coefficient (Wildman–Crippen LogP) is -10.1. The van der Waals surface area contributed by atoms with Crippen molar-refractivity contribution < 1.29 is 73.2 Å². The van der Waals surface area contributed by atoms with Crippen LogP contribution in [0.15, 0.2) is 0 Å². The molecule has 0 aliphatic heterocycles. The molecule has 11 atom stereocenters. The lowest BCUT2D eigenvalue weighted by molar-refractivity contribution is -0.132. The molecular formula is C40H71BN11O15. The molecule has 0 saturated carbocycles. The smallest absolute Gasteiger partial charge is 0.297 e. The molecular weight excluding hydrogens is 885 g/mol. The summed E-state index contributed by atoms with van der Waals surface area (Å²) in [7, 11) is 5.13. The number of aldehydes is 1. The van der Waals surface area contributed by atoms with Crippen LogP contribution in [0.3, 0.4) is 0 Å². The number of aliphatic hydroxyl groups excluding tert-OH is 4. The Labute approximate surface area is 390 Å². The summed E-state index contributed by atoms with van der Waals surface area (Å²) in [5.41, 5.74) is -0.392.